The van der Waals surface area contributed by atoms with Crippen molar-refractivity contribution < 1.29 is 8.42 Å². The van der Waals surface area contributed by atoms with Gasteiger partial charge >= 0.3 is 0 Å². The summed E-state index contributed by atoms with van der Waals surface area (Å²) in [6, 6.07) is 4.91. The maximum atomic E-state index is 11.7. The smallest absolute Gasteiger partial charge is 0.277 e. The van der Waals surface area contributed by atoms with E-state index in [-0.39, 0.29) is 11.8 Å². The fourth-order valence-corrected chi connectivity index (χ4v) is 2.50. The molecule has 0 unspecified atom stereocenters. The minimum atomic E-state index is -3.79. The summed E-state index contributed by atoms with van der Waals surface area (Å²) in [7, 11) is -3.79. The second-order valence-corrected chi connectivity index (χ2v) is 6.42. The molecule has 0 aromatic heterocycles. The monoisotopic (exact) mass is 320 g/mol. The van der Waals surface area contributed by atoms with Gasteiger partial charge in [0, 0.05) is 21.5 Å². The lowest BCUT2D eigenvalue weighted by Gasteiger charge is -2.03. The van der Waals surface area contributed by atoms with Crippen LogP contribution in [0.2, 0.25) is 10.0 Å². The van der Waals surface area contributed by atoms with Gasteiger partial charge in [-0.2, -0.15) is 8.42 Å². The summed E-state index contributed by atoms with van der Waals surface area (Å²) in [5.74, 6) is -0.0954. The van der Waals surface area contributed by atoms with Crippen LogP contribution in [0.15, 0.2) is 28.0 Å². The summed E-state index contributed by atoms with van der Waals surface area (Å²) < 4.78 is 26.9. The molecule has 0 spiro atoms. The highest BCUT2D eigenvalue weighted by molar-refractivity contribution is 7.93. The predicted molar refractivity (Wildman–Crippen MR) is 80.9 cm³/mol. The third kappa shape index (κ3) is 4.86. The van der Waals surface area contributed by atoms with E-state index in [1.54, 1.807) is 32.0 Å². The molecule has 0 aliphatic carbocycles. The SMILES string of the molecule is CC(C)/C(N)=N/S(=O)(=O)/C=C/c1c(Cl)cccc1Cl. The molecule has 4 nitrogen and oxygen atoms in total. The maximum Gasteiger partial charge on any atom is 0.277 e. The number of rotatable bonds is 4. The molecule has 104 valence electrons. The summed E-state index contributed by atoms with van der Waals surface area (Å²) in [5.41, 5.74) is 5.94. The third-order valence-electron chi connectivity index (χ3n) is 2.23. The number of nitrogens with zero attached hydrogens (tertiary/aromatic N) is 1. The van der Waals surface area contributed by atoms with Crippen molar-refractivity contribution in [2.24, 2.45) is 16.0 Å². The second kappa shape index (κ2) is 6.41. The molecule has 1 rings (SSSR count). The van der Waals surface area contributed by atoms with E-state index in [4.69, 9.17) is 28.9 Å². The van der Waals surface area contributed by atoms with Crippen molar-refractivity contribution in [1.29, 1.82) is 0 Å². The molecule has 2 N–H and O–H groups in total. The minimum Gasteiger partial charge on any atom is -0.386 e. The summed E-state index contributed by atoms with van der Waals surface area (Å²) in [5, 5.41) is 1.65. The number of hydrogen-bond donors (Lipinski definition) is 1. The zero-order valence-corrected chi connectivity index (χ0v) is 12.8. The van der Waals surface area contributed by atoms with E-state index in [0.717, 1.165) is 5.41 Å². The van der Waals surface area contributed by atoms with Crippen LogP contribution in [0.25, 0.3) is 6.08 Å². The van der Waals surface area contributed by atoms with Crippen molar-refractivity contribution in [3.63, 3.8) is 0 Å². The Morgan fingerprint density at radius 2 is 1.84 bits per heavy atom. The Morgan fingerprint density at radius 1 is 1.32 bits per heavy atom. The van der Waals surface area contributed by atoms with Crippen LogP contribution in [0.4, 0.5) is 0 Å². The van der Waals surface area contributed by atoms with Crippen LogP contribution in [0, 0.1) is 5.92 Å². The lowest BCUT2D eigenvalue weighted by molar-refractivity contribution is 0.606. The van der Waals surface area contributed by atoms with Gasteiger partial charge in [-0.05, 0) is 18.2 Å². The van der Waals surface area contributed by atoms with Crippen molar-refractivity contribution in [3.8, 4) is 0 Å². The van der Waals surface area contributed by atoms with Gasteiger partial charge in [0.1, 0.15) is 5.84 Å². The van der Waals surface area contributed by atoms with Crippen molar-refractivity contribution >= 4 is 45.1 Å². The van der Waals surface area contributed by atoms with E-state index >= 15 is 0 Å². The molecule has 0 aliphatic rings. The van der Waals surface area contributed by atoms with Gasteiger partial charge in [0.25, 0.3) is 10.0 Å². The highest BCUT2D eigenvalue weighted by atomic mass is 35.5. The molecule has 0 atom stereocenters. The first-order chi connectivity index (χ1) is 8.73. The van der Waals surface area contributed by atoms with Crippen LogP contribution in [0.1, 0.15) is 19.4 Å². The van der Waals surface area contributed by atoms with Crippen molar-refractivity contribution in [1.82, 2.24) is 0 Å². The second-order valence-electron chi connectivity index (χ2n) is 4.12. The molecule has 1 aromatic carbocycles. The van der Waals surface area contributed by atoms with E-state index in [1.807, 2.05) is 0 Å². The van der Waals surface area contributed by atoms with Crippen molar-refractivity contribution in [2.45, 2.75) is 13.8 Å². The predicted octanol–water partition coefficient (Wildman–Crippen LogP) is 3.31. The lowest BCUT2D eigenvalue weighted by Crippen LogP contribution is -2.20. The molecule has 0 bridgehead atoms. The first-order valence-electron chi connectivity index (χ1n) is 5.45. The van der Waals surface area contributed by atoms with Crippen molar-refractivity contribution in [2.75, 3.05) is 0 Å². The highest BCUT2D eigenvalue weighted by Gasteiger charge is 2.08. The molecule has 0 saturated heterocycles. The molecule has 0 fully saturated rings. The lowest BCUT2D eigenvalue weighted by atomic mass is 10.2. The number of halogens is 2. The van der Waals surface area contributed by atoms with Crippen LogP contribution in [0.3, 0.4) is 0 Å². The Labute approximate surface area is 123 Å². The Morgan fingerprint density at radius 3 is 2.32 bits per heavy atom. The standard InChI is InChI=1S/C12H14Cl2N2O2S/c1-8(2)12(15)16-19(17,18)7-6-9-10(13)4-3-5-11(9)14/h3-8H,1-2H3,(H2,15,16)/b7-6+. The molecular formula is C12H14Cl2N2O2S. The van der Waals surface area contributed by atoms with Gasteiger partial charge in [-0.15, -0.1) is 4.40 Å². The molecule has 7 heteroatoms. The minimum absolute atomic E-state index is 0.0508. The van der Waals surface area contributed by atoms with Crippen LogP contribution in [-0.4, -0.2) is 14.3 Å². The van der Waals surface area contributed by atoms with Crippen LogP contribution >= 0.6 is 23.2 Å². The van der Waals surface area contributed by atoms with Gasteiger partial charge in [-0.1, -0.05) is 43.1 Å². The number of sulfonamides is 1. The molecule has 0 radical (unpaired) electrons. The topological polar surface area (TPSA) is 72.5 Å². The average molecular weight is 321 g/mol. The van der Waals surface area contributed by atoms with Gasteiger partial charge in [0.05, 0.1) is 5.41 Å². The third-order valence-corrected chi connectivity index (χ3v) is 3.84. The van der Waals surface area contributed by atoms with Crippen LogP contribution in [-0.2, 0) is 10.0 Å². The quantitative estimate of drug-likeness (QED) is 0.683. The first kappa shape index (κ1) is 16.0. The summed E-state index contributed by atoms with van der Waals surface area (Å²) in [4.78, 5) is 0. The molecule has 1 aromatic rings. The number of benzene rings is 1. The maximum absolute atomic E-state index is 11.7. The average Bonchev–Trinajstić information content (AvgIpc) is 2.27. The molecular weight excluding hydrogens is 307 g/mol. The molecule has 0 amide bonds. The summed E-state index contributed by atoms with van der Waals surface area (Å²) >= 11 is 11.8. The van der Waals surface area contributed by atoms with Gasteiger partial charge in [0.15, 0.2) is 0 Å². The zero-order valence-electron chi connectivity index (χ0n) is 10.5. The van der Waals surface area contributed by atoms with E-state index in [1.165, 1.54) is 6.08 Å². The molecule has 0 aliphatic heterocycles. The summed E-state index contributed by atoms with van der Waals surface area (Å²) in [6.07, 6.45) is 1.30. The normalized spacial score (nSPS) is 13.4. The Balaban J connectivity index is 3.09. The zero-order chi connectivity index (χ0) is 14.6. The van der Waals surface area contributed by atoms with E-state index in [2.05, 4.69) is 4.40 Å². The molecule has 0 heterocycles. The first-order valence-corrected chi connectivity index (χ1v) is 7.71. The van der Waals surface area contributed by atoms with E-state index in [0.29, 0.717) is 15.6 Å². The summed E-state index contributed by atoms with van der Waals surface area (Å²) in [6.45, 7) is 3.51. The largest absolute Gasteiger partial charge is 0.386 e. The Kier molecular flexibility index (Phi) is 5.40. The fraction of sp³-hybridized carbons (Fsp3) is 0.250. The van der Waals surface area contributed by atoms with Gasteiger partial charge in [-0.25, -0.2) is 0 Å². The number of nitrogens with two attached hydrogens (primary N) is 1. The molecule has 0 saturated carbocycles. The molecule has 19 heavy (non-hydrogen) atoms. The van der Waals surface area contributed by atoms with Gasteiger partial charge in [0.2, 0.25) is 0 Å². The van der Waals surface area contributed by atoms with E-state index in [9.17, 15) is 8.42 Å². The van der Waals surface area contributed by atoms with E-state index < -0.39 is 10.0 Å². The van der Waals surface area contributed by atoms with Crippen molar-refractivity contribution in [3.05, 3.63) is 39.2 Å². The van der Waals surface area contributed by atoms with Crippen LogP contribution in [0.5, 0.6) is 0 Å². The van der Waals surface area contributed by atoms with Gasteiger partial charge in [-0.3, -0.25) is 0 Å². The highest BCUT2D eigenvalue weighted by Crippen LogP contribution is 2.25. The van der Waals surface area contributed by atoms with Gasteiger partial charge < -0.3 is 5.73 Å². The Bertz CT molecular complexity index is 602. The number of hydrogen-bond acceptors (Lipinski definition) is 2. The van der Waals surface area contributed by atoms with Crippen LogP contribution < -0.4 is 5.73 Å². The fourth-order valence-electron chi connectivity index (χ4n) is 1.11. The number of amidine groups is 1. The Hall–Kier alpha value is -1.04.